The van der Waals surface area contributed by atoms with Gasteiger partial charge in [-0.15, -0.1) is 0 Å². The maximum atomic E-state index is 2.53. The van der Waals surface area contributed by atoms with E-state index in [0.717, 1.165) is 12.8 Å². The summed E-state index contributed by atoms with van der Waals surface area (Å²) in [6, 6.07) is 51.1. The fourth-order valence-corrected chi connectivity index (χ4v) is 7.81. The molecule has 0 radical (unpaired) electrons. The van der Waals surface area contributed by atoms with Gasteiger partial charge in [0.2, 0.25) is 0 Å². The molecular weight excluding hydrogens is 532 g/mol. The van der Waals surface area contributed by atoms with E-state index in [-0.39, 0.29) is 0 Å². The number of hydrogen-bond donors (Lipinski definition) is 0. The van der Waals surface area contributed by atoms with Gasteiger partial charge in [0.25, 0.3) is 0 Å². The van der Waals surface area contributed by atoms with E-state index in [0.29, 0.717) is 0 Å². The molecular formula is C42H28N2. The lowest BCUT2D eigenvalue weighted by molar-refractivity contribution is 0.938. The molecule has 10 rings (SSSR count). The molecule has 0 atom stereocenters. The standard InChI is InChI=1S/C42H28N2/c1-2-9-27(10-3-1)28-17-21-31(22-18-28)43-38-15-6-5-12-33(38)36-25-29(19-23-40(36)43)30-20-24-41-37(26-30)35-14-8-13-34-32-11-4-7-16-39(32)44(41)42(34)35/h1-19,21-23,25-26H,20,24H2. The molecule has 206 valence electrons. The van der Waals surface area contributed by atoms with Gasteiger partial charge in [0.15, 0.2) is 0 Å². The van der Waals surface area contributed by atoms with Crippen LogP contribution in [0.25, 0.3) is 77.5 Å². The van der Waals surface area contributed by atoms with Crippen LogP contribution in [-0.2, 0) is 6.42 Å². The van der Waals surface area contributed by atoms with Crippen molar-refractivity contribution < 1.29 is 0 Å². The molecule has 0 aliphatic heterocycles. The van der Waals surface area contributed by atoms with Gasteiger partial charge < -0.3 is 8.97 Å². The van der Waals surface area contributed by atoms with Crippen LogP contribution in [0, 0.1) is 0 Å². The molecule has 0 spiro atoms. The van der Waals surface area contributed by atoms with E-state index >= 15 is 0 Å². The number of benzene rings is 6. The summed E-state index contributed by atoms with van der Waals surface area (Å²) in [6.45, 7) is 0. The summed E-state index contributed by atoms with van der Waals surface area (Å²) in [7, 11) is 0. The number of rotatable bonds is 3. The molecule has 9 aromatic rings. The zero-order valence-electron chi connectivity index (χ0n) is 24.2. The van der Waals surface area contributed by atoms with Gasteiger partial charge in [-0.3, -0.25) is 0 Å². The second-order valence-corrected chi connectivity index (χ2v) is 12.1. The van der Waals surface area contributed by atoms with Crippen molar-refractivity contribution in [2.45, 2.75) is 12.8 Å². The Kier molecular flexibility index (Phi) is 4.86. The summed E-state index contributed by atoms with van der Waals surface area (Å²) in [5, 5.41) is 6.66. The quantitative estimate of drug-likeness (QED) is 0.203. The smallest absolute Gasteiger partial charge is 0.0617 e. The van der Waals surface area contributed by atoms with Gasteiger partial charge in [-0.05, 0) is 77.6 Å². The second-order valence-electron chi connectivity index (χ2n) is 12.1. The Bertz CT molecular complexity index is 2580. The number of hydrogen-bond acceptors (Lipinski definition) is 0. The van der Waals surface area contributed by atoms with E-state index in [1.165, 1.54) is 88.2 Å². The van der Waals surface area contributed by atoms with E-state index in [2.05, 4.69) is 155 Å². The number of aromatic nitrogens is 2. The van der Waals surface area contributed by atoms with Gasteiger partial charge in [-0.1, -0.05) is 103 Å². The van der Waals surface area contributed by atoms with Crippen LogP contribution in [0.3, 0.4) is 0 Å². The van der Waals surface area contributed by atoms with Gasteiger partial charge in [-0.2, -0.15) is 0 Å². The van der Waals surface area contributed by atoms with Crippen LogP contribution in [0.4, 0.5) is 0 Å². The lowest BCUT2D eigenvalue weighted by atomic mass is 9.90. The molecule has 0 fully saturated rings. The largest absolute Gasteiger partial charge is 0.312 e. The maximum Gasteiger partial charge on any atom is 0.0617 e. The number of aryl methyl sites for hydroxylation is 1. The third-order valence-electron chi connectivity index (χ3n) is 9.79. The fourth-order valence-electron chi connectivity index (χ4n) is 7.81. The third kappa shape index (κ3) is 3.25. The van der Waals surface area contributed by atoms with Crippen molar-refractivity contribution in [1.82, 2.24) is 8.97 Å². The first-order valence-electron chi connectivity index (χ1n) is 15.5. The van der Waals surface area contributed by atoms with Crippen LogP contribution < -0.4 is 0 Å². The predicted octanol–water partition coefficient (Wildman–Crippen LogP) is 10.9. The molecule has 0 amide bonds. The fraction of sp³-hybridized carbons (Fsp3) is 0.0476. The Morgan fingerprint density at radius 2 is 1.07 bits per heavy atom. The minimum Gasteiger partial charge on any atom is -0.312 e. The van der Waals surface area contributed by atoms with Crippen molar-refractivity contribution in [2.75, 3.05) is 0 Å². The first kappa shape index (κ1) is 23.9. The third-order valence-corrected chi connectivity index (χ3v) is 9.79. The van der Waals surface area contributed by atoms with E-state index in [9.17, 15) is 0 Å². The lowest BCUT2D eigenvalue weighted by Gasteiger charge is -2.16. The molecule has 3 heterocycles. The molecule has 0 saturated heterocycles. The molecule has 1 aliphatic carbocycles. The van der Waals surface area contributed by atoms with Crippen LogP contribution in [0.5, 0.6) is 0 Å². The highest BCUT2D eigenvalue weighted by atomic mass is 15.0. The molecule has 44 heavy (non-hydrogen) atoms. The number of allylic oxidation sites excluding steroid dienone is 1. The summed E-state index contributed by atoms with van der Waals surface area (Å²) in [5.41, 5.74) is 14.4. The number of fused-ring (bicyclic) bond motifs is 9. The van der Waals surface area contributed by atoms with E-state index in [4.69, 9.17) is 0 Å². The normalized spacial score (nSPS) is 13.4. The number of para-hydroxylation sites is 3. The Labute approximate surface area is 255 Å². The summed E-state index contributed by atoms with van der Waals surface area (Å²) in [6.07, 6.45) is 4.54. The summed E-state index contributed by atoms with van der Waals surface area (Å²) >= 11 is 0. The highest BCUT2D eigenvalue weighted by Gasteiger charge is 2.24. The number of nitrogens with zero attached hydrogens (tertiary/aromatic N) is 2. The molecule has 0 bridgehead atoms. The molecule has 0 N–H and O–H groups in total. The van der Waals surface area contributed by atoms with Crippen molar-refractivity contribution in [3.05, 3.63) is 156 Å². The van der Waals surface area contributed by atoms with Gasteiger partial charge in [0, 0.05) is 43.9 Å². The first-order chi connectivity index (χ1) is 21.8. The van der Waals surface area contributed by atoms with Crippen molar-refractivity contribution in [3.8, 4) is 16.8 Å². The first-order valence-corrected chi connectivity index (χ1v) is 15.5. The van der Waals surface area contributed by atoms with Gasteiger partial charge in [-0.25, -0.2) is 0 Å². The van der Waals surface area contributed by atoms with Crippen LogP contribution in [0.2, 0.25) is 0 Å². The minimum absolute atomic E-state index is 1.03. The topological polar surface area (TPSA) is 9.34 Å². The zero-order chi connectivity index (χ0) is 28.8. The SMILES string of the molecule is C1=C(c2ccc3c(c2)c2ccccc2n3-c2ccc(-c3ccccc3)cc2)CCc2c1c1cccc3c4ccccc4n2c13. The molecule has 0 saturated carbocycles. The average Bonchev–Trinajstić information content (AvgIpc) is 3.73. The van der Waals surface area contributed by atoms with E-state index < -0.39 is 0 Å². The predicted molar refractivity (Wildman–Crippen MR) is 186 cm³/mol. The maximum absolute atomic E-state index is 2.53. The highest BCUT2D eigenvalue weighted by molar-refractivity contribution is 6.17. The Morgan fingerprint density at radius 1 is 0.432 bits per heavy atom. The lowest BCUT2D eigenvalue weighted by Crippen LogP contribution is -2.01. The van der Waals surface area contributed by atoms with Crippen LogP contribution in [0.15, 0.2) is 140 Å². The Balaban J connectivity index is 1.13. The molecule has 3 aromatic heterocycles. The van der Waals surface area contributed by atoms with Crippen LogP contribution in [0.1, 0.15) is 23.2 Å². The zero-order valence-corrected chi connectivity index (χ0v) is 24.2. The molecule has 2 heteroatoms. The minimum atomic E-state index is 1.03. The van der Waals surface area contributed by atoms with Crippen molar-refractivity contribution in [1.29, 1.82) is 0 Å². The molecule has 6 aromatic carbocycles. The van der Waals surface area contributed by atoms with Gasteiger partial charge >= 0.3 is 0 Å². The van der Waals surface area contributed by atoms with Crippen molar-refractivity contribution >= 4 is 60.6 Å². The molecule has 2 nitrogen and oxygen atoms in total. The van der Waals surface area contributed by atoms with E-state index in [1.807, 2.05) is 0 Å². The van der Waals surface area contributed by atoms with Gasteiger partial charge in [0.05, 0.1) is 22.1 Å². The Morgan fingerprint density at radius 3 is 1.91 bits per heavy atom. The summed E-state index contributed by atoms with van der Waals surface area (Å²) in [5.74, 6) is 0. The van der Waals surface area contributed by atoms with Crippen molar-refractivity contribution in [2.24, 2.45) is 0 Å². The summed E-state index contributed by atoms with van der Waals surface area (Å²) < 4.78 is 4.94. The van der Waals surface area contributed by atoms with Crippen LogP contribution >= 0.6 is 0 Å². The van der Waals surface area contributed by atoms with E-state index in [1.54, 1.807) is 0 Å². The van der Waals surface area contributed by atoms with Gasteiger partial charge in [0.1, 0.15) is 0 Å². The highest BCUT2D eigenvalue weighted by Crippen LogP contribution is 2.43. The molecule has 0 unspecified atom stereocenters. The molecule has 1 aliphatic rings. The van der Waals surface area contributed by atoms with Crippen LogP contribution in [-0.4, -0.2) is 8.97 Å². The summed E-state index contributed by atoms with van der Waals surface area (Å²) in [4.78, 5) is 0. The monoisotopic (exact) mass is 560 g/mol. The van der Waals surface area contributed by atoms with Crippen molar-refractivity contribution in [3.63, 3.8) is 0 Å². The second kappa shape index (κ2) is 8.95. The average molecular weight is 561 g/mol. The Hall–Kier alpha value is -5.60.